The van der Waals surface area contributed by atoms with Gasteiger partial charge in [0, 0.05) is 22.9 Å². The zero-order chi connectivity index (χ0) is 22.2. The van der Waals surface area contributed by atoms with Crippen LogP contribution in [0.4, 0.5) is 14.5 Å². The van der Waals surface area contributed by atoms with Crippen molar-refractivity contribution in [2.24, 2.45) is 0 Å². The Labute approximate surface area is 184 Å². The van der Waals surface area contributed by atoms with Gasteiger partial charge in [0.1, 0.15) is 10.8 Å². The summed E-state index contributed by atoms with van der Waals surface area (Å²) in [5.41, 5.74) is 1.12. The zero-order valence-corrected chi connectivity index (χ0v) is 17.8. The number of ether oxygens (including phenoxy) is 1. The van der Waals surface area contributed by atoms with Gasteiger partial charge in [0.15, 0.2) is 6.61 Å². The topological polar surface area (TPSA) is 94.3 Å². The fraction of sp³-hybridized carbons (Fsp3) is 0.200. The van der Waals surface area contributed by atoms with Crippen LogP contribution in [-0.2, 0) is 15.3 Å². The Kier molecular flexibility index (Phi) is 8.01. The lowest BCUT2D eigenvalue weighted by atomic mass is 10.3. The molecule has 0 spiro atoms. The average molecular weight is 466 g/mol. The summed E-state index contributed by atoms with van der Waals surface area (Å²) in [7, 11) is 0. The molecule has 162 valence electrons. The van der Waals surface area contributed by atoms with Crippen molar-refractivity contribution in [1.82, 2.24) is 10.1 Å². The van der Waals surface area contributed by atoms with Gasteiger partial charge in [-0.2, -0.15) is 8.78 Å². The molecule has 3 aromatic rings. The normalized spacial score (nSPS) is 10.8. The van der Waals surface area contributed by atoms with E-state index in [4.69, 9.17) is 9.26 Å². The van der Waals surface area contributed by atoms with E-state index >= 15 is 0 Å². The maximum Gasteiger partial charge on any atom is 0.341 e. The Hall–Kier alpha value is -2.92. The van der Waals surface area contributed by atoms with E-state index in [9.17, 15) is 18.4 Å². The number of nitrogens with zero attached hydrogens (tertiary/aromatic N) is 2. The van der Waals surface area contributed by atoms with Gasteiger partial charge in [-0.05, 0) is 31.2 Å². The van der Waals surface area contributed by atoms with Crippen LogP contribution < -0.4 is 5.32 Å². The number of esters is 1. The maximum atomic E-state index is 12.7. The molecule has 0 saturated carbocycles. The number of anilines is 1. The standard InChI is InChI=1S/C20H17F2N3O4S2/c1-12-9-13(25-29-12)11-30-18-14(5-4-8-23-18)19(27)28-10-17(26)24-15-6-2-3-7-16(15)31-20(21)22/h2-9,20H,10-11H2,1H3,(H,24,26). The number of para-hydroxylation sites is 1. The Morgan fingerprint density at radius 2 is 2.03 bits per heavy atom. The zero-order valence-electron chi connectivity index (χ0n) is 16.2. The number of thioether (sulfide) groups is 2. The lowest BCUT2D eigenvalue weighted by Gasteiger charge is -2.11. The minimum Gasteiger partial charge on any atom is -0.452 e. The number of alkyl halides is 2. The summed E-state index contributed by atoms with van der Waals surface area (Å²) in [6.07, 6.45) is 1.54. The van der Waals surface area contributed by atoms with E-state index < -0.39 is 24.2 Å². The van der Waals surface area contributed by atoms with Gasteiger partial charge in [-0.3, -0.25) is 4.79 Å². The highest BCUT2D eigenvalue weighted by atomic mass is 32.2. The van der Waals surface area contributed by atoms with Crippen molar-refractivity contribution >= 4 is 41.1 Å². The van der Waals surface area contributed by atoms with E-state index in [1.54, 1.807) is 31.2 Å². The van der Waals surface area contributed by atoms with Gasteiger partial charge in [0.25, 0.3) is 11.7 Å². The van der Waals surface area contributed by atoms with Gasteiger partial charge >= 0.3 is 5.97 Å². The molecule has 1 amide bonds. The molecule has 1 N–H and O–H groups in total. The fourth-order valence-electron chi connectivity index (χ4n) is 2.45. The predicted octanol–water partition coefficient (Wildman–Crippen LogP) is 4.78. The molecule has 11 heteroatoms. The van der Waals surface area contributed by atoms with Crippen LogP contribution in [0.15, 0.2) is 63.1 Å². The van der Waals surface area contributed by atoms with Crippen LogP contribution in [0.25, 0.3) is 0 Å². The second-order valence-corrected chi connectivity index (χ2v) is 8.07. The van der Waals surface area contributed by atoms with Crippen molar-refractivity contribution < 1.29 is 27.6 Å². The van der Waals surface area contributed by atoms with Gasteiger partial charge in [-0.15, -0.1) is 0 Å². The van der Waals surface area contributed by atoms with E-state index in [1.807, 2.05) is 0 Å². The molecule has 0 atom stereocenters. The third-order valence-corrected chi connectivity index (χ3v) is 5.56. The molecular formula is C20H17F2N3O4S2. The molecule has 0 aliphatic carbocycles. The predicted molar refractivity (Wildman–Crippen MR) is 112 cm³/mol. The number of halogens is 2. The number of nitrogens with one attached hydrogen (secondary N) is 1. The van der Waals surface area contributed by atoms with E-state index in [0.717, 1.165) is 0 Å². The Morgan fingerprint density at radius 1 is 1.23 bits per heavy atom. The Morgan fingerprint density at radius 3 is 2.77 bits per heavy atom. The molecule has 0 fully saturated rings. The molecule has 1 aromatic carbocycles. The summed E-state index contributed by atoms with van der Waals surface area (Å²) in [6, 6.07) is 11.0. The lowest BCUT2D eigenvalue weighted by Crippen LogP contribution is -2.21. The minimum absolute atomic E-state index is 0.203. The molecule has 0 radical (unpaired) electrons. The maximum absolute atomic E-state index is 12.7. The number of benzene rings is 1. The molecule has 0 unspecified atom stereocenters. The number of hydrogen-bond acceptors (Lipinski definition) is 8. The summed E-state index contributed by atoms with van der Waals surface area (Å²) < 4.78 is 35.4. The highest BCUT2D eigenvalue weighted by molar-refractivity contribution is 7.99. The van der Waals surface area contributed by atoms with Crippen molar-refractivity contribution in [2.45, 2.75) is 28.4 Å². The monoisotopic (exact) mass is 465 g/mol. The van der Waals surface area contributed by atoms with Crippen LogP contribution in [-0.4, -0.2) is 34.4 Å². The van der Waals surface area contributed by atoms with E-state index in [0.29, 0.717) is 34.0 Å². The summed E-state index contributed by atoms with van der Waals surface area (Å²) in [4.78, 5) is 29.0. The summed E-state index contributed by atoms with van der Waals surface area (Å²) >= 11 is 1.59. The van der Waals surface area contributed by atoms with E-state index in [2.05, 4.69) is 15.5 Å². The number of carbonyl (C=O) groups excluding carboxylic acids is 2. The van der Waals surface area contributed by atoms with E-state index in [1.165, 1.54) is 36.2 Å². The van der Waals surface area contributed by atoms with Crippen molar-refractivity contribution in [3.05, 3.63) is 65.7 Å². The van der Waals surface area contributed by atoms with Crippen LogP contribution in [0.3, 0.4) is 0 Å². The lowest BCUT2D eigenvalue weighted by molar-refractivity contribution is -0.119. The molecule has 0 aliphatic heterocycles. The quantitative estimate of drug-likeness (QED) is 0.356. The van der Waals surface area contributed by atoms with Crippen molar-refractivity contribution in [1.29, 1.82) is 0 Å². The van der Waals surface area contributed by atoms with Crippen LogP contribution in [0.5, 0.6) is 0 Å². The molecule has 31 heavy (non-hydrogen) atoms. The van der Waals surface area contributed by atoms with Gasteiger partial charge in [0.05, 0.1) is 16.9 Å². The van der Waals surface area contributed by atoms with E-state index in [-0.39, 0.29) is 16.1 Å². The third kappa shape index (κ3) is 6.79. The highest BCUT2D eigenvalue weighted by Crippen LogP contribution is 2.31. The van der Waals surface area contributed by atoms with Crippen molar-refractivity contribution in [3.8, 4) is 0 Å². The summed E-state index contributed by atoms with van der Waals surface area (Å²) in [6.45, 7) is 1.20. The Balaban J connectivity index is 1.58. The van der Waals surface area contributed by atoms with Crippen LogP contribution >= 0.6 is 23.5 Å². The second kappa shape index (κ2) is 10.9. The SMILES string of the molecule is Cc1cc(CSc2ncccc2C(=O)OCC(=O)Nc2ccccc2SC(F)F)no1. The largest absolute Gasteiger partial charge is 0.452 e. The Bertz CT molecular complexity index is 1060. The van der Waals surface area contributed by atoms with Gasteiger partial charge < -0.3 is 14.6 Å². The van der Waals surface area contributed by atoms with Crippen LogP contribution in [0.2, 0.25) is 0 Å². The first-order chi connectivity index (χ1) is 14.9. The van der Waals surface area contributed by atoms with Crippen LogP contribution in [0, 0.1) is 6.92 Å². The van der Waals surface area contributed by atoms with Gasteiger partial charge in [0.2, 0.25) is 0 Å². The number of pyridine rings is 1. The number of aromatic nitrogens is 2. The number of rotatable bonds is 9. The fourth-order valence-corrected chi connectivity index (χ4v) is 3.91. The molecule has 2 heterocycles. The minimum atomic E-state index is -2.63. The number of amides is 1. The molecule has 0 saturated heterocycles. The van der Waals surface area contributed by atoms with Crippen molar-refractivity contribution in [2.75, 3.05) is 11.9 Å². The third-order valence-electron chi connectivity index (χ3n) is 3.74. The summed E-state index contributed by atoms with van der Waals surface area (Å²) in [5.74, 6) is -2.88. The number of hydrogen-bond donors (Lipinski definition) is 1. The first-order valence-corrected chi connectivity index (χ1v) is 10.8. The first kappa shape index (κ1) is 22.8. The van der Waals surface area contributed by atoms with Crippen molar-refractivity contribution in [3.63, 3.8) is 0 Å². The molecule has 0 bridgehead atoms. The second-order valence-electron chi connectivity index (χ2n) is 6.07. The molecule has 2 aromatic heterocycles. The van der Waals surface area contributed by atoms with Crippen LogP contribution in [0.1, 0.15) is 21.8 Å². The number of carbonyl (C=O) groups is 2. The molecule has 3 rings (SSSR count). The highest BCUT2D eigenvalue weighted by Gasteiger charge is 2.17. The molecule has 7 nitrogen and oxygen atoms in total. The molecular weight excluding hydrogens is 448 g/mol. The molecule has 0 aliphatic rings. The average Bonchev–Trinajstić information content (AvgIpc) is 3.17. The first-order valence-electron chi connectivity index (χ1n) is 8.93. The van der Waals surface area contributed by atoms with Gasteiger partial charge in [-0.25, -0.2) is 9.78 Å². The smallest absolute Gasteiger partial charge is 0.341 e. The summed E-state index contributed by atoms with van der Waals surface area (Å²) in [5, 5.41) is 6.79. The number of aryl methyl sites for hydroxylation is 1. The van der Waals surface area contributed by atoms with Gasteiger partial charge in [-0.1, -0.05) is 40.8 Å².